The Morgan fingerprint density at radius 2 is 1.82 bits per heavy atom. The van der Waals surface area contributed by atoms with Crippen LogP contribution in [0, 0.1) is 0 Å². The number of nitrogens with zero attached hydrogens (tertiary/aromatic N) is 3. The molecule has 0 unspecified atom stereocenters. The number of nitrogens with two attached hydrogens (primary N) is 1. The van der Waals surface area contributed by atoms with Crippen molar-refractivity contribution in [1.29, 1.82) is 0 Å². The number of ether oxygens (including phenoxy) is 2. The molecule has 40 heavy (non-hydrogen) atoms. The van der Waals surface area contributed by atoms with E-state index >= 15 is 0 Å². The van der Waals surface area contributed by atoms with Crippen molar-refractivity contribution in [3.63, 3.8) is 0 Å². The van der Waals surface area contributed by atoms with Crippen molar-refractivity contribution in [2.75, 3.05) is 38.3 Å². The second-order valence-electron chi connectivity index (χ2n) is 9.37. The number of aromatic nitrogens is 2. The van der Waals surface area contributed by atoms with Gasteiger partial charge in [0.1, 0.15) is 17.0 Å². The lowest BCUT2D eigenvalue weighted by Crippen LogP contribution is -2.36. The first-order valence-electron chi connectivity index (χ1n) is 12.7. The second-order valence-corrected chi connectivity index (χ2v) is 9.37. The number of alkyl halides is 3. The third-order valence-electron chi connectivity index (χ3n) is 6.61. The molecule has 1 amide bonds. The fourth-order valence-electron chi connectivity index (χ4n) is 4.53. The number of hydrogen-bond acceptors (Lipinski definition) is 8. The van der Waals surface area contributed by atoms with Crippen molar-refractivity contribution < 1.29 is 31.9 Å². The van der Waals surface area contributed by atoms with Gasteiger partial charge >= 0.3 is 6.18 Å². The highest BCUT2D eigenvalue weighted by Gasteiger charge is 2.33. The molecule has 1 aliphatic heterocycles. The zero-order valence-corrected chi connectivity index (χ0v) is 21.9. The number of benzene rings is 2. The van der Waals surface area contributed by atoms with Gasteiger partial charge in [0.05, 0.1) is 26.4 Å². The minimum atomic E-state index is -4.63. The number of amides is 1. The first-order chi connectivity index (χ1) is 19.2. The normalized spacial score (nSPS) is 14.8. The zero-order chi connectivity index (χ0) is 28.4. The monoisotopic (exact) mass is 555 g/mol. The number of oxazole rings is 1. The maximum atomic E-state index is 13.3. The van der Waals surface area contributed by atoms with Gasteiger partial charge < -0.3 is 29.8 Å². The minimum Gasteiger partial charge on any atom is -0.494 e. The van der Waals surface area contributed by atoms with Gasteiger partial charge in [0, 0.05) is 36.3 Å². The largest absolute Gasteiger partial charge is 0.494 e. The molecule has 3 N–H and O–H groups in total. The maximum Gasteiger partial charge on any atom is 0.433 e. The molecule has 0 saturated carbocycles. The molecule has 5 rings (SSSR count). The Bertz CT molecular complexity index is 1510. The predicted octanol–water partition coefficient (Wildman–Crippen LogP) is 4.70. The highest BCUT2D eigenvalue weighted by Crippen LogP contribution is 2.37. The van der Waals surface area contributed by atoms with Gasteiger partial charge in [0.25, 0.3) is 5.91 Å². The van der Waals surface area contributed by atoms with E-state index in [1.54, 1.807) is 13.0 Å². The smallest absolute Gasteiger partial charge is 0.433 e. The summed E-state index contributed by atoms with van der Waals surface area (Å²) in [6.07, 6.45) is -4.63. The molecule has 1 fully saturated rings. The summed E-state index contributed by atoms with van der Waals surface area (Å²) >= 11 is 0. The number of fused-ring (bicyclic) bond motifs is 1. The van der Waals surface area contributed by atoms with Crippen molar-refractivity contribution in [2.45, 2.75) is 25.7 Å². The van der Waals surface area contributed by atoms with Gasteiger partial charge in [-0.05, 0) is 48.9 Å². The second kappa shape index (κ2) is 11.1. The molecule has 0 aliphatic carbocycles. The van der Waals surface area contributed by atoms with E-state index in [0.717, 1.165) is 30.4 Å². The van der Waals surface area contributed by atoms with Crippen molar-refractivity contribution in [3.05, 3.63) is 71.2 Å². The van der Waals surface area contributed by atoms with Crippen LogP contribution in [0.1, 0.15) is 40.5 Å². The topological polar surface area (TPSA) is 116 Å². The maximum absolute atomic E-state index is 13.3. The molecule has 12 heteroatoms. The minimum absolute atomic E-state index is 0.00113. The lowest BCUT2D eigenvalue weighted by Gasteiger charge is -2.28. The summed E-state index contributed by atoms with van der Waals surface area (Å²) in [7, 11) is 1.34. The quantitative estimate of drug-likeness (QED) is 0.337. The Balaban J connectivity index is 1.40. The molecule has 1 atom stereocenters. The highest BCUT2D eigenvalue weighted by atomic mass is 19.4. The number of anilines is 1. The third kappa shape index (κ3) is 5.58. The van der Waals surface area contributed by atoms with Crippen molar-refractivity contribution >= 4 is 22.5 Å². The molecule has 0 bridgehead atoms. The molecule has 1 aliphatic rings. The van der Waals surface area contributed by atoms with E-state index in [0.29, 0.717) is 24.2 Å². The van der Waals surface area contributed by atoms with Crippen LogP contribution in [0.5, 0.6) is 5.75 Å². The Labute approximate surface area is 228 Å². The van der Waals surface area contributed by atoms with Crippen molar-refractivity contribution in [3.8, 4) is 17.2 Å². The molecule has 4 aromatic rings. The summed E-state index contributed by atoms with van der Waals surface area (Å²) in [6, 6.07) is 12.4. The van der Waals surface area contributed by atoms with Gasteiger partial charge in [-0.1, -0.05) is 12.1 Å². The number of morpholine rings is 1. The van der Waals surface area contributed by atoms with Gasteiger partial charge in [-0.25, -0.2) is 9.97 Å². The van der Waals surface area contributed by atoms with Crippen LogP contribution in [-0.2, 0) is 17.5 Å². The van der Waals surface area contributed by atoms with Crippen molar-refractivity contribution in [1.82, 2.24) is 15.3 Å². The number of halogens is 3. The number of hydrogen-bond donors (Lipinski definition) is 2. The summed E-state index contributed by atoms with van der Waals surface area (Å²) in [6.45, 7) is 4.93. The fourth-order valence-corrected chi connectivity index (χ4v) is 4.53. The van der Waals surface area contributed by atoms with Gasteiger partial charge in [-0.3, -0.25) is 4.79 Å². The van der Waals surface area contributed by atoms with E-state index in [4.69, 9.17) is 19.6 Å². The summed E-state index contributed by atoms with van der Waals surface area (Å²) in [5.74, 6) is -0.156. The first kappa shape index (κ1) is 27.4. The average molecular weight is 556 g/mol. The molecule has 1 saturated heterocycles. The van der Waals surface area contributed by atoms with Gasteiger partial charge in [-0.15, -0.1) is 0 Å². The van der Waals surface area contributed by atoms with Gasteiger partial charge in [0.15, 0.2) is 11.5 Å². The number of rotatable bonds is 7. The van der Waals surface area contributed by atoms with E-state index in [1.165, 1.54) is 19.2 Å². The van der Waals surface area contributed by atoms with E-state index in [-0.39, 0.29) is 35.2 Å². The summed E-state index contributed by atoms with van der Waals surface area (Å²) in [5, 5.41) is 3.16. The number of carbonyl (C=O) groups is 1. The van der Waals surface area contributed by atoms with Crippen LogP contribution < -0.4 is 20.7 Å². The molecule has 3 heterocycles. The molecular weight excluding hydrogens is 527 g/mol. The van der Waals surface area contributed by atoms with Crippen molar-refractivity contribution in [2.24, 2.45) is 5.73 Å². The van der Waals surface area contributed by atoms with E-state index in [2.05, 4.69) is 20.2 Å². The summed E-state index contributed by atoms with van der Waals surface area (Å²) in [5.41, 5.74) is 7.33. The predicted molar refractivity (Wildman–Crippen MR) is 142 cm³/mol. The lowest BCUT2D eigenvalue weighted by molar-refractivity contribution is -0.140. The Morgan fingerprint density at radius 1 is 1.10 bits per heavy atom. The zero-order valence-electron chi connectivity index (χ0n) is 21.9. The van der Waals surface area contributed by atoms with Crippen LogP contribution in [0.3, 0.4) is 0 Å². The fraction of sp³-hybridized carbons (Fsp3) is 0.321. The standard InChI is InChI=1S/C28H28F3N5O4/c1-16(32)25-24(26(37)33-15-17-3-5-18(6-4-17)36-11-13-39-14-12-36)35-27(40-25)20-7-9-21(38-2)23-19(20)8-10-22(34-23)28(29,30)31/h3-10,16H,11-15,32H2,1-2H3,(H,33,37)/t16-/m0/s1. The van der Waals surface area contributed by atoms with Crippen LogP contribution in [0.15, 0.2) is 52.9 Å². The molecule has 0 spiro atoms. The summed E-state index contributed by atoms with van der Waals surface area (Å²) in [4.78, 5) is 23.6. The van der Waals surface area contributed by atoms with Crippen LogP contribution in [0.4, 0.5) is 18.9 Å². The van der Waals surface area contributed by atoms with Gasteiger partial charge in [-0.2, -0.15) is 13.2 Å². The van der Waals surface area contributed by atoms with E-state index in [1.807, 2.05) is 24.3 Å². The molecule has 210 valence electrons. The first-order valence-corrected chi connectivity index (χ1v) is 12.7. The van der Waals surface area contributed by atoms with Gasteiger partial charge in [0.2, 0.25) is 5.89 Å². The molecule has 2 aromatic carbocycles. The molecule has 2 aromatic heterocycles. The van der Waals surface area contributed by atoms with E-state index in [9.17, 15) is 18.0 Å². The summed E-state index contributed by atoms with van der Waals surface area (Å²) < 4.78 is 56.5. The van der Waals surface area contributed by atoms with Crippen LogP contribution in [0.25, 0.3) is 22.4 Å². The van der Waals surface area contributed by atoms with E-state index < -0.39 is 23.8 Å². The highest BCUT2D eigenvalue weighted by molar-refractivity contribution is 5.98. The number of methoxy groups -OCH3 is 1. The Morgan fingerprint density at radius 3 is 2.48 bits per heavy atom. The molecule has 9 nitrogen and oxygen atoms in total. The number of carbonyl (C=O) groups excluding carboxylic acids is 1. The number of nitrogens with one attached hydrogen (secondary N) is 1. The average Bonchev–Trinajstić information content (AvgIpc) is 3.41. The molecule has 0 radical (unpaired) electrons. The Hall–Kier alpha value is -4.16. The lowest BCUT2D eigenvalue weighted by atomic mass is 10.1. The third-order valence-corrected chi connectivity index (χ3v) is 6.61. The molecular formula is C28H28F3N5O4. The SMILES string of the molecule is COc1ccc(-c2nc(C(=O)NCc3ccc(N4CCOCC4)cc3)c([C@H](C)N)o2)c2ccc(C(F)(F)F)nc12. The Kier molecular flexibility index (Phi) is 7.63. The van der Waals surface area contributed by atoms with Crippen LogP contribution in [-0.4, -0.2) is 49.3 Å². The van der Waals surface area contributed by atoms with Crippen LogP contribution in [0.2, 0.25) is 0 Å². The number of pyridine rings is 1. The van der Waals surface area contributed by atoms with Crippen LogP contribution >= 0.6 is 0 Å².